The van der Waals surface area contributed by atoms with Crippen molar-refractivity contribution in [1.29, 1.82) is 0 Å². The van der Waals surface area contributed by atoms with Gasteiger partial charge in [0.2, 0.25) is 5.91 Å². The Balaban J connectivity index is 1.87. The number of rotatable bonds is 6. The molecule has 0 saturated carbocycles. The van der Waals surface area contributed by atoms with E-state index in [0.29, 0.717) is 19.1 Å². The lowest BCUT2D eigenvalue weighted by Crippen LogP contribution is -2.45. The molecule has 2 atom stereocenters. The molecule has 0 bridgehead atoms. The Kier molecular flexibility index (Phi) is 6.36. The van der Waals surface area contributed by atoms with Gasteiger partial charge in [0.1, 0.15) is 5.82 Å². The van der Waals surface area contributed by atoms with E-state index in [1.807, 2.05) is 6.92 Å². The molecular weight excluding hydrogens is 323 g/mol. The maximum atomic E-state index is 13.6. The van der Waals surface area contributed by atoms with Crippen LogP contribution in [0.2, 0.25) is 5.02 Å². The zero-order chi connectivity index (χ0) is 16.8. The summed E-state index contributed by atoms with van der Waals surface area (Å²) in [6, 6.07) is 4.00. The zero-order valence-electron chi connectivity index (χ0n) is 12.9. The minimum absolute atomic E-state index is 0.0115. The molecule has 1 aromatic rings. The van der Waals surface area contributed by atoms with Crippen LogP contribution in [0.5, 0.6) is 0 Å². The van der Waals surface area contributed by atoms with Crippen LogP contribution in [0.3, 0.4) is 0 Å². The highest BCUT2D eigenvalue weighted by atomic mass is 35.5. The summed E-state index contributed by atoms with van der Waals surface area (Å²) in [6.45, 7) is 3.10. The first-order chi connectivity index (χ1) is 11.0. The van der Waals surface area contributed by atoms with Gasteiger partial charge in [-0.15, -0.1) is 0 Å². The highest BCUT2D eigenvalue weighted by Gasteiger charge is 2.26. The fraction of sp³-hybridized carbons (Fsp3) is 0.500. The molecule has 2 rings (SSSR count). The lowest BCUT2D eigenvalue weighted by molar-refractivity contribution is -0.121. The van der Waals surface area contributed by atoms with Crippen molar-refractivity contribution in [3.63, 3.8) is 0 Å². The molecule has 1 aliphatic rings. The SMILES string of the molecule is CC[C@@H](NC(=O)CNC(=O)c1c(F)cccc1Cl)[C@@H]1CCOC1. The molecule has 5 nitrogen and oxygen atoms in total. The fourth-order valence-electron chi connectivity index (χ4n) is 2.64. The van der Waals surface area contributed by atoms with Crippen LogP contribution in [-0.2, 0) is 9.53 Å². The van der Waals surface area contributed by atoms with Gasteiger partial charge in [0.05, 0.1) is 23.7 Å². The van der Waals surface area contributed by atoms with Crippen LogP contribution in [0.4, 0.5) is 4.39 Å². The number of nitrogens with one attached hydrogen (secondary N) is 2. The first-order valence-corrected chi connectivity index (χ1v) is 8.00. The number of halogens is 2. The van der Waals surface area contributed by atoms with Crippen molar-refractivity contribution in [2.45, 2.75) is 25.8 Å². The predicted molar refractivity (Wildman–Crippen MR) is 84.9 cm³/mol. The molecule has 1 fully saturated rings. The highest BCUT2D eigenvalue weighted by Crippen LogP contribution is 2.19. The molecular formula is C16H20ClFN2O3. The second-order valence-corrected chi connectivity index (χ2v) is 5.89. The third-order valence-electron chi connectivity index (χ3n) is 3.92. The van der Waals surface area contributed by atoms with E-state index in [-0.39, 0.29) is 29.1 Å². The maximum absolute atomic E-state index is 13.6. The van der Waals surface area contributed by atoms with Crippen molar-refractivity contribution < 1.29 is 18.7 Å². The van der Waals surface area contributed by atoms with Crippen molar-refractivity contribution in [3.05, 3.63) is 34.6 Å². The van der Waals surface area contributed by atoms with E-state index in [4.69, 9.17) is 16.3 Å². The van der Waals surface area contributed by atoms with Gasteiger partial charge in [-0.25, -0.2) is 4.39 Å². The van der Waals surface area contributed by atoms with Gasteiger partial charge in [0.25, 0.3) is 5.91 Å². The molecule has 126 valence electrons. The van der Waals surface area contributed by atoms with Gasteiger partial charge in [0, 0.05) is 18.6 Å². The minimum atomic E-state index is -0.718. The minimum Gasteiger partial charge on any atom is -0.381 e. The number of amides is 2. The van der Waals surface area contributed by atoms with Gasteiger partial charge in [-0.1, -0.05) is 24.6 Å². The Morgan fingerprint density at radius 3 is 2.87 bits per heavy atom. The van der Waals surface area contributed by atoms with Gasteiger partial charge in [-0.2, -0.15) is 0 Å². The van der Waals surface area contributed by atoms with E-state index in [1.54, 1.807) is 0 Å². The number of carbonyl (C=O) groups excluding carboxylic acids is 2. The Labute approximate surface area is 139 Å². The topological polar surface area (TPSA) is 67.4 Å². The van der Waals surface area contributed by atoms with Crippen molar-refractivity contribution in [2.75, 3.05) is 19.8 Å². The van der Waals surface area contributed by atoms with Crippen LogP contribution in [0.1, 0.15) is 30.1 Å². The lowest BCUT2D eigenvalue weighted by Gasteiger charge is -2.22. The highest BCUT2D eigenvalue weighted by molar-refractivity contribution is 6.33. The quantitative estimate of drug-likeness (QED) is 0.832. The van der Waals surface area contributed by atoms with Crippen molar-refractivity contribution in [2.24, 2.45) is 5.92 Å². The summed E-state index contributed by atoms with van der Waals surface area (Å²) in [6.07, 6.45) is 1.70. The lowest BCUT2D eigenvalue weighted by atomic mass is 9.97. The summed E-state index contributed by atoms with van der Waals surface area (Å²) in [5.74, 6) is -1.45. The summed E-state index contributed by atoms with van der Waals surface area (Å²) in [4.78, 5) is 23.9. The largest absolute Gasteiger partial charge is 0.381 e. The molecule has 0 spiro atoms. The van der Waals surface area contributed by atoms with Gasteiger partial charge in [-0.05, 0) is 25.0 Å². The molecule has 1 heterocycles. The molecule has 7 heteroatoms. The fourth-order valence-corrected chi connectivity index (χ4v) is 2.89. The maximum Gasteiger partial charge on any atom is 0.256 e. The van der Waals surface area contributed by atoms with Crippen molar-refractivity contribution >= 4 is 23.4 Å². The van der Waals surface area contributed by atoms with Gasteiger partial charge in [0.15, 0.2) is 0 Å². The van der Waals surface area contributed by atoms with Crippen LogP contribution in [0, 0.1) is 11.7 Å². The second-order valence-electron chi connectivity index (χ2n) is 5.49. The predicted octanol–water partition coefficient (Wildman–Crippen LogP) is 2.14. The molecule has 23 heavy (non-hydrogen) atoms. The normalized spacial score (nSPS) is 18.5. The van der Waals surface area contributed by atoms with Crippen molar-refractivity contribution in [1.82, 2.24) is 10.6 Å². The molecule has 1 aliphatic heterocycles. The summed E-state index contributed by atoms with van der Waals surface area (Å²) in [5.41, 5.74) is -0.252. The van der Waals surface area contributed by atoms with Crippen LogP contribution in [0.15, 0.2) is 18.2 Å². The van der Waals surface area contributed by atoms with Gasteiger partial charge in [-0.3, -0.25) is 9.59 Å². The molecule has 2 amide bonds. The van der Waals surface area contributed by atoms with E-state index >= 15 is 0 Å². The summed E-state index contributed by atoms with van der Waals surface area (Å²) in [7, 11) is 0. The third-order valence-corrected chi connectivity index (χ3v) is 4.23. The number of ether oxygens (including phenoxy) is 1. The van der Waals surface area contributed by atoms with E-state index < -0.39 is 11.7 Å². The van der Waals surface area contributed by atoms with E-state index in [9.17, 15) is 14.0 Å². The number of hydrogen-bond donors (Lipinski definition) is 2. The van der Waals surface area contributed by atoms with E-state index in [1.165, 1.54) is 12.1 Å². The number of hydrogen-bond acceptors (Lipinski definition) is 3. The smallest absolute Gasteiger partial charge is 0.256 e. The first kappa shape index (κ1) is 17.7. The van der Waals surface area contributed by atoms with Crippen LogP contribution >= 0.6 is 11.6 Å². The van der Waals surface area contributed by atoms with E-state index in [2.05, 4.69) is 10.6 Å². The summed E-state index contributed by atoms with van der Waals surface area (Å²) in [5, 5.41) is 5.29. The Morgan fingerprint density at radius 1 is 1.48 bits per heavy atom. The first-order valence-electron chi connectivity index (χ1n) is 7.62. The molecule has 2 N–H and O–H groups in total. The average molecular weight is 343 g/mol. The molecule has 0 radical (unpaired) electrons. The van der Waals surface area contributed by atoms with Crippen molar-refractivity contribution in [3.8, 4) is 0 Å². The van der Waals surface area contributed by atoms with Crippen LogP contribution < -0.4 is 10.6 Å². The van der Waals surface area contributed by atoms with Crippen LogP contribution in [-0.4, -0.2) is 37.6 Å². The zero-order valence-corrected chi connectivity index (χ0v) is 13.7. The molecule has 0 aromatic heterocycles. The van der Waals surface area contributed by atoms with Gasteiger partial charge >= 0.3 is 0 Å². The number of benzene rings is 1. The average Bonchev–Trinajstić information content (AvgIpc) is 3.04. The molecule has 0 unspecified atom stereocenters. The Morgan fingerprint density at radius 2 is 2.26 bits per heavy atom. The molecule has 1 saturated heterocycles. The van der Waals surface area contributed by atoms with E-state index in [0.717, 1.165) is 18.9 Å². The summed E-state index contributed by atoms with van der Waals surface area (Å²) < 4.78 is 19.0. The standard InChI is InChI=1S/C16H20ClFN2O3/c1-2-13(10-6-7-23-9-10)20-14(21)8-19-16(22)15-11(17)4-3-5-12(15)18/h3-5,10,13H,2,6-9H2,1H3,(H,19,22)(H,20,21)/t10-,13-/m1/s1. The van der Waals surface area contributed by atoms with Gasteiger partial charge < -0.3 is 15.4 Å². The Bertz CT molecular complexity index is 556. The molecule has 1 aromatic carbocycles. The summed E-state index contributed by atoms with van der Waals surface area (Å²) >= 11 is 5.82. The number of carbonyl (C=O) groups is 2. The molecule has 0 aliphatic carbocycles. The third kappa shape index (κ3) is 4.65. The Hall–Kier alpha value is -1.66. The second kappa shape index (κ2) is 8.26. The van der Waals surface area contributed by atoms with Crippen LogP contribution in [0.25, 0.3) is 0 Å². The monoisotopic (exact) mass is 342 g/mol.